The first kappa shape index (κ1) is 28.7. The number of phenolic OH excluding ortho intramolecular Hbond substituents is 1. The van der Waals surface area contributed by atoms with E-state index in [2.05, 4.69) is 19.6 Å². The molecule has 4 aromatic rings. The molecule has 216 valence electrons. The summed E-state index contributed by atoms with van der Waals surface area (Å²) in [6.45, 7) is 3.47. The monoisotopic (exact) mass is 601 g/mol. The Morgan fingerprint density at radius 2 is 1.95 bits per heavy atom. The van der Waals surface area contributed by atoms with E-state index in [1.54, 1.807) is 38.2 Å². The number of hydrogen-bond donors (Lipinski definition) is 2. The van der Waals surface area contributed by atoms with Gasteiger partial charge in [0, 0.05) is 48.6 Å². The minimum absolute atomic E-state index is 0.0361. The van der Waals surface area contributed by atoms with Crippen LogP contribution < -0.4 is 14.4 Å². The number of thiazole rings is 1. The second-order valence-corrected chi connectivity index (χ2v) is 12.7. The number of pyridine rings is 1. The zero-order valence-corrected chi connectivity index (χ0v) is 24.5. The normalized spacial score (nSPS) is 14.1. The number of aryl methyl sites for hydroxylation is 1. The molecule has 41 heavy (non-hydrogen) atoms. The third-order valence-electron chi connectivity index (χ3n) is 6.92. The van der Waals surface area contributed by atoms with Crippen LogP contribution in [0.5, 0.6) is 11.5 Å². The Kier molecular flexibility index (Phi) is 7.86. The molecule has 1 saturated heterocycles. The number of sulfonamides is 1. The summed E-state index contributed by atoms with van der Waals surface area (Å²) in [5, 5.41) is 10.4. The third-order valence-corrected chi connectivity index (χ3v) is 9.59. The van der Waals surface area contributed by atoms with Crippen molar-refractivity contribution in [3.63, 3.8) is 0 Å². The minimum Gasteiger partial charge on any atom is -0.504 e. The predicted octanol–water partition coefficient (Wildman–Crippen LogP) is 4.97. The third kappa shape index (κ3) is 5.83. The second kappa shape index (κ2) is 11.2. The van der Waals surface area contributed by atoms with Gasteiger partial charge in [-0.15, -0.1) is 11.3 Å². The number of methoxy groups -OCH3 is 1. The van der Waals surface area contributed by atoms with Gasteiger partial charge in [-0.2, -0.15) is 8.42 Å². The van der Waals surface area contributed by atoms with Gasteiger partial charge in [-0.25, -0.2) is 18.7 Å². The van der Waals surface area contributed by atoms with E-state index in [0.717, 1.165) is 30.1 Å². The molecular formula is C28H29F2N5O4S2. The van der Waals surface area contributed by atoms with Crippen molar-refractivity contribution in [1.29, 1.82) is 0 Å². The number of anilines is 2. The molecule has 2 aromatic heterocycles. The fourth-order valence-electron chi connectivity index (χ4n) is 4.77. The van der Waals surface area contributed by atoms with Gasteiger partial charge < -0.3 is 19.6 Å². The number of benzene rings is 2. The molecule has 1 aliphatic rings. The zero-order valence-electron chi connectivity index (χ0n) is 22.9. The largest absolute Gasteiger partial charge is 0.504 e. The molecule has 0 radical (unpaired) electrons. The van der Waals surface area contributed by atoms with Gasteiger partial charge in [0.25, 0.3) is 10.0 Å². The van der Waals surface area contributed by atoms with Crippen molar-refractivity contribution >= 4 is 32.2 Å². The van der Waals surface area contributed by atoms with E-state index in [-0.39, 0.29) is 21.8 Å². The number of para-hydroxylation sites is 1. The molecule has 5 rings (SSSR count). The van der Waals surface area contributed by atoms with E-state index in [1.807, 2.05) is 11.9 Å². The summed E-state index contributed by atoms with van der Waals surface area (Å²) in [5.41, 5.74) is 2.49. The summed E-state index contributed by atoms with van der Waals surface area (Å²) in [4.78, 5) is 13.5. The van der Waals surface area contributed by atoms with Gasteiger partial charge in [-0.1, -0.05) is 12.1 Å². The van der Waals surface area contributed by atoms with E-state index < -0.39 is 21.7 Å². The first-order valence-electron chi connectivity index (χ1n) is 12.7. The van der Waals surface area contributed by atoms with E-state index in [4.69, 9.17) is 4.74 Å². The molecule has 0 aliphatic carbocycles. The number of halogens is 2. The van der Waals surface area contributed by atoms with Gasteiger partial charge in [0.05, 0.1) is 24.7 Å². The highest BCUT2D eigenvalue weighted by Crippen LogP contribution is 2.41. The van der Waals surface area contributed by atoms with Gasteiger partial charge in [0.1, 0.15) is 0 Å². The lowest BCUT2D eigenvalue weighted by Crippen LogP contribution is -2.41. The van der Waals surface area contributed by atoms with Gasteiger partial charge in [-0.3, -0.25) is 4.72 Å². The molecule has 0 bridgehead atoms. The molecular weight excluding hydrogens is 572 g/mol. The number of aromatic hydroxyl groups is 1. The van der Waals surface area contributed by atoms with Crippen LogP contribution in [0.2, 0.25) is 0 Å². The maximum atomic E-state index is 14.0. The van der Waals surface area contributed by atoms with Crippen LogP contribution in [0.15, 0.2) is 53.7 Å². The number of nitrogens with one attached hydrogen (secondary N) is 1. The van der Waals surface area contributed by atoms with Crippen LogP contribution in [0.1, 0.15) is 21.9 Å². The first-order chi connectivity index (χ1) is 19.5. The van der Waals surface area contributed by atoms with Crippen molar-refractivity contribution < 1.29 is 27.0 Å². The second-order valence-electron chi connectivity index (χ2n) is 10.0. The number of aromatic nitrogens is 2. The van der Waals surface area contributed by atoms with Crippen molar-refractivity contribution in [2.75, 3.05) is 43.9 Å². The number of phenols is 1. The van der Waals surface area contributed by atoms with Gasteiger partial charge >= 0.3 is 0 Å². The smallest absolute Gasteiger partial charge is 0.281 e. The van der Waals surface area contributed by atoms with Crippen molar-refractivity contribution in [3.8, 4) is 22.8 Å². The number of likely N-dealkylation sites (N-methyl/N-ethyl adjacent to an activating group) is 1. The Hall–Kier alpha value is -3.81. The Bertz CT molecular complexity index is 1710. The highest BCUT2D eigenvalue weighted by molar-refractivity contribution is 7.92. The molecule has 13 heteroatoms. The summed E-state index contributed by atoms with van der Waals surface area (Å²) in [6.07, 6.45) is 1.45. The lowest BCUT2D eigenvalue weighted by Gasteiger charge is -2.35. The highest BCUT2D eigenvalue weighted by atomic mass is 32.2. The van der Waals surface area contributed by atoms with Crippen LogP contribution in [-0.4, -0.2) is 62.7 Å². The maximum absolute atomic E-state index is 14.0. The van der Waals surface area contributed by atoms with Crippen LogP contribution in [0.25, 0.3) is 11.3 Å². The first-order valence-corrected chi connectivity index (χ1v) is 15.0. The Morgan fingerprint density at radius 3 is 2.61 bits per heavy atom. The number of nitrogens with zero attached hydrogens (tertiary/aromatic N) is 4. The predicted molar refractivity (Wildman–Crippen MR) is 154 cm³/mol. The van der Waals surface area contributed by atoms with Gasteiger partial charge in [-0.05, 0) is 49.9 Å². The van der Waals surface area contributed by atoms with E-state index in [0.29, 0.717) is 40.4 Å². The van der Waals surface area contributed by atoms with Crippen LogP contribution in [-0.2, 0) is 16.6 Å². The number of likely N-dealkylation sites (tertiary alicyclic amines) is 1. The summed E-state index contributed by atoms with van der Waals surface area (Å²) in [7, 11) is 1.13. The highest BCUT2D eigenvalue weighted by Gasteiger charge is 2.32. The average molecular weight is 602 g/mol. The average Bonchev–Trinajstić information content (AvgIpc) is 3.31. The van der Waals surface area contributed by atoms with Crippen molar-refractivity contribution in [1.82, 2.24) is 14.9 Å². The topological polar surface area (TPSA) is 108 Å². The fraction of sp³-hybridized carbons (Fsp3) is 0.286. The molecule has 2 N–H and O–H groups in total. The standard InChI is InChI=1S/C28H29F2N5O4S2/c1-16-10-20(35(3)15-18-6-5-7-23(39-4)25(18)36)12-31-27(16)41(37,38)33-28-32-24(17-8-9-21(29)22(30)11-17)26(40-28)19-13-34(2)14-19/h5-12,19,36H,13-15H2,1-4H3,(H,32,33). The van der Waals surface area contributed by atoms with Crippen LogP contribution in [0.4, 0.5) is 19.6 Å². The molecule has 0 saturated carbocycles. The quantitative estimate of drug-likeness (QED) is 0.277. The van der Waals surface area contributed by atoms with Crippen molar-refractivity contribution in [2.24, 2.45) is 0 Å². The number of ether oxygens (including phenoxy) is 1. The zero-order chi connectivity index (χ0) is 29.5. The molecule has 0 spiro atoms. The number of hydrogen-bond acceptors (Lipinski definition) is 9. The fourth-order valence-corrected chi connectivity index (χ4v) is 7.24. The van der Waals surface area contributed by atoms with E-state index >= 15 is 0 Å². The van der Waals surface area contributed by atoms with Crippen LogP contribution in [0, 0.1) is 18.6 Å². The van der Waals surface area contributed by atoms with Crippen LogP contribution >= 0.6 is 11.3 Å². The molecule has 0 amide bonds. The van der Waals surface area contributed by atoms with Gasteiger partial charge in [0.15, 0.2) is 33.3 Å². The summed E-state index contributed by atoms with van der Waals surface area (Å²) in [5.74, 6) is -1.47. The summed E-state index contributed by atoms with van der Waals surface area (Å²) < 4.78 is 62.1. The summed E-state index contributed by atoms with van der Waals surface area (Å²) >= 11 is 1.18. The molecule has 2 aromatic carbocycles. The summed E-state index contributed by atoms with van der Waals surface area (Å²) in [6, 6.07) is 10.4. The van der Waals surface area contributed by atoms with E-state index in [1.165, 1.54) is 30.7 Å². The molecule has 0 atom stereocenters. The Morgan fingerprint density at radius 1 is 1.20 bits per heavy atom. The lowest BCUT2D eigenvalue weighted by atomic mass is 9.96. The Labute approximate surface area is 241 Å². The van der Waals surface area contributed by atoms with Crippen molar-refractivity contribution in [2.45, 2.75) is 24.4 Å². The Balaban J connectivity index is 1.39. The molecule has 3 heterocycles. The molecule has 9 nitrogen and oxygen atoms in total. The number of rotatable bonds is 9. The van der Waals surface area contributed by atoms with E-state index in [9.17, 15) is 22.3 Å². The van der Waals surface area contributed by atoms with Crippen LogP contribution in [0.3, 0.4) is 0 Å². The maximum Gasteiger partial charge on any atom is 0.281 e. The SMILES string of the molecule is COc1cccc(CN(C)c2cnc(S(=O)(=O)Nc3nc(-c4ccc(F)c(F)c4)c(C4CN(C)C4)s3)c(C)c2)c1O. The lowest BCUT2D eigenvalue weighted by molar-refractivity contribution is 0.192. The molecule has 0 unspecified atom stereocenters. The molecule has 1 fully saturated rings. The van der Waals surface area contributed by atoms with Gasteiger partial charge in [0.2, 0.25) is 0 Å². The van der Waals surface area contributed by atoms with Crippen molar-refractivity contribution in [3.05, 3.63) is 76.3 Å². The minimum atomic E-state index is -4.12. The molecule has 1 aliphatic heterocycles.